The Morgan fingerprint density at radius 3 is 2.74 bits per heavy atom. The van der Waals surface area contributed by atoms with E-state index < -0.39 is 11.5 Å². The van der Waals surface area contributed by atoms with Crippen molar-refractivity contribution in [2.24, 2.45) is 0 Å². The van der Waals surface area contributed by atoms with Gasteiger partial charge in [-0.1, -0.05) is 26.0 Å². The van der Waals surface area contributed by atoms with Gasteiger partial charge in [-0.05, 0) is 50.5 Å². The quantitative estimate of drug-likeness (QED) is 0.709. The van der Waals surface area contributed by atoms with E-state index >= 15 is 0 Å². The van der Waals surface area contributed by atoms with Crippen LogP contribution in [0.5, 0.6) is 5.75 Å². The lowest BCUT2D eigenvalue weighted by Crippen LogP contribution is -2.36. The molecule has 3 rings (SSSR count). The fourth-order valence-corrected chi connectivity index (χ4v) is 3.75. The van der Waals surface area contributed by atoms with E-state index in [9.17, 15) is 14.7 Å². The summed E-state index contributed by atoms with van der Waals surface area (Å²) in [5.74, 6) is -0.695. The second kappa shape index (κ2) is 9.24. The predicted octanol–water partition coefficient (Wildman–Crippen LogP) is 2.54. The molecule has 2 aromatic rings. The van der Waals surface area contributed by atoms with E-state index in [-0.39, 0.29) is 23.7 Å². The molecule has 0 bridgehead atoms. The van der Waals surface area contributed by atoms with Gasteiger partial charge in [-0.3, -0.25) is 9.59 Å². The summed E-state index contributed by atoms with van der Waals surface area (Å²) < 4.78 is 1.64. The van der Waals surface area contributed by atoms with Crippen LogP contribution in [0.2, 0.25) is 0 Å². The van der Waals surface area contributed by atoms with Crippen molar-refractivity contribution in [3.63, 3.8) is 0 Å². The van der Waals surface area contributed by atoms with Crippen molar-refractivity contribution in [2.45, 2.75) is 39.7 Å². The number of amides is 1. The number of aromatic nitrogens is 1. The molecule has 0 saturated carbocycles. The summed E-state index contributed by atoms with van der Waals surface area (Å²) >= 11 is 0. The summed E-state index contributed by atoms with van der Waals surface area (Å²) in [6.45, 7) is 8.11. The maximum atomic E-state index is 12.8. The van der Waals surface area contributed by atoms with Gasteiger partial charge in [-0.15, -0.1) is 12.4 Å². The summed E-state index contributed by atoms with van der Waals surface area (Å²) in [7, 11) is 0. The van der Waals surface area contributed by atoms with Gasteiger partial charge < -0.3 is 19.9 Å². The molecule has 0 unspecified atom stereocenters. The maximum Gasteiger partial charge on any atom is 0.267 e. The molecular weight excluding hydrogens is 366 g/mol. The SMILES string of the molecule is CCN(CC)CCCNC(=O)c1c(O)c2cccc3c2n(c1=O)CCC3.Cl. The molecule has 1 aliphatic heterocycles. The smallest absolute Gasteiger partial charge is 0.267 e. The van der Waals surface area contributed by atoms with Crippen LogP contribution < -0.4 is 10.9 Å². The molecule has 2 heterocycles. The minimum Gasteiger partial charge on any atom is -0.506 e. The number of carbonyl (C=O) groups is 1. The first kappa shape index (κ1) is 21.3. The third kappa shape index (κ3) is 4.12. The van der Waals surface area contributed by atoms with E-state index in [1.54, 1.807) is 10.6 Å². The molecule has 1 aromatic heterocycles. The zero-order valence-electron chi connectivity index (χ0n) is 16.0. The topological polar surface area (TPSA) is 74.6 Å². The first-order valence-corrected chi connectivity index (χ1v) is 9.46. The van der Waals surface area contributed by atoms with Crippen LogP contribution in [0, 0.1) is 0 Å². The third-order valence-electron chi connectivity index (χ3n) is 5.23. The van der Waals surface area contributed by atoms with Crippen LogP contribution in [-0.4, -0.2) is 46.7 Å². The Morgan fingerprint density at radius 1 is 1.30 bits per heavy atom. The normalized spacial score (nSPS) is 12.9. The Morgan fingerprint density at radius 2 is 2.04 bits per heavy atom. The van der Waals surface area contributed by atoms with Crippen LogP contribution >= 0.6 is 12.4 Å². The number of benzene rings is 1. The zero-order valence-corrected chi connectivity index (χ0v) is 16.8. The molecule has 0 fully saturated rings. The Bertz CT molecular complexity index is 875. The van der Waals surface area contributed by atoms with Gasteiger partial charge in [0.05, 0.1) is 5.52 Å². The number of rotatable bonds is 7. The van der Waals surface area contributed by atoms with Crippen molar-refractivity contribution in [1.82, 2.24) is 14.8 Å². The molecule has 1 aliphatic rings. The average Bonchev–Trinajstić information content (AvgIpc) is 2.66. The van der Waals surface area contributed by atoms with Crippen molar-refractivity contribution in [3.05, 3.63) is 39.7 Å². The Labute approximate surface area is 165 Å². The number of nitrogens with zero attached hydrogens (tertiary/aromatic N) is 2. The highest BCUT2D eigenvalue weighted by Gasteiger charge is 2.24. The number of hydrogen-bond acceptors (Lipinski definition) is 4. The van der Waals surface area contributed by atoms with Crippen LogP contribution in [0.3, 0.4) is 0 Å². The van der Waals surface area contributed by atoms with E-state index in [0.717, 1.165) is 50.0 Å². The van der Waals surface area contributed by atoms with Crippen LogP contribution in [-0.2, 0) is 13.0 Å². The Hall–Kier alpha value is -2.05. The minimum atomic E-state index is -0.492. The number of nitrogens with one attached hydrogen (secondary N) is 1. The lowest BCUT2D eigenvalue weighted by Gasteiger charge is -2.21. The first-order chi connectivity index (χ1) is 12.6. The van der Waals surface area contributed by atoms with Crippen molar-refractivity contribution in [3.8, 4) is 5.75 Å². The molecule has 27 heavy (non-hydrogen) atoms. The fourth-order valence-electron chi connectivity index (χ4n) is 3.75. The minimum absolute atomic E-state index is 0. The lowest BCUT2D eigenvalue weighted by atomic mass is 9.99. The molecule has 0 radical (unpaired) electrons. The van der Waals surface area contributed by atoms with E-state index in [2.05, 4.69) is 24.1 Å². The van der Waals surface area contributed by atoms with Gasteiger partial charge >= 0.3 is 0 Å². The zero-order chi connectivity index (χ0) is 18.7. The van der Waals surface area contributed by atoms with Crippen molar-refractivity contribution >= 4 is 29.2 Å². The van der Waals surface area contributed by atoms with Crippen molar-refractivity contribution in [1.29, 1.82) is 0 Å². The number of aromatic hydroxyl groups is 1. The van der Waals surface area contributed by atoms with Gasteiger partial charge in [-0.25, -0.2) is 0 Å². The molecule has 6 nitrogen and oxygen atoms in total. The highest BCUT2D eigenvalue weighted by molar-refractivity contribution is 6.02. The van der Waals surface area contributed by atoms with E-state index in [1.807, 2.05) is 12.1 Å². The van der Waals surface area contributed by atoms with E-state index in [4.69, 9.17) is 0 Å². The van der Waals surface area contributed by atoms with Crippen molar-refractivity contribution in [2.75, 3.05) is 26.2 Å². The molecular formula is C20H28ClN3O3. The van der Waals surface area contributed by atoms with Gasteiger partial charge in [0.1, 0.15) is 11.3 Å². The number of aryl methyl sites for hydroxylation is 2. The van der Waals surface area contributed by atoms with Gasteiger partial charge in [-0.2, -0.15) is 0 Å². The van der Waals surface area contributed by atoms with Gasteiger partial charge in [0.25, 0.3) is 11.5 Å². The molecule has 0 atom stereocenters. The second-order valence-corrected chi connectivity index (χ2v) is 6.73. The Kier molecular flexibility index (Phi) is 7.27. The number of para-hydroxylation sites is 1. The van der Waals surface area contributed by atoms with Gasteiger partial charge in [0.2, 0.25) is 0 Å². The summed E-state index contributed by atoms with van der Waals surface area (Å²) in [6, 6.07) is 5.61. The predicted molar refractivity (Wildman–Crippen MR) is 110 cm³/mol. The van der Waals surface area contributed by atoms with E-state index in [0.29, 0.717) is 18.5 Å². The Balaban J connectivity index is 0.00000261. The van der Waals surface area contributed by atoms with E-state index in [1.165, 1.54) is 0 Å². The molecule has 148 valence electrons. The number of pyridine rings is 1. The second-order valence-electron chi connectivity index (χ2n) is 6.73. The molecule has 1 amide bonds. The first-order valence-electron chi connectivity index (χ1n) is 9.46. The standard InChI is InChI=1S/C20H27N3O3.ClH/c1-3-22(4-2)12-7-11-21-19(25)16-18(24)15-10-5-8-14-9-6-13-23(17(14)15)20(16)26;/h5,8,10,24H,3-4,6-7,9,11-13H2,1-2H3,(H,21,25);1H. The molecule has 1 aromatic carbocycles. The summed E-state index contributed by atoms with van der Waals surface area (Å²) in [5.41, 5.74) is 1.27. The van der Waals surface area contributed by atoms with Crippen LogP contribution in [0.15, 0.2) is 23.0 Å². The lowest BCUT2D eigenvalue weighted by molar-refractivity contribution is 0.0947. The fraction of sp³-hybridized carbons (Fsp3) is 0.500. The van der Waals surface area contributed by atoms with Crippen LogP contribution in [0.4, 0.5) is 0 Å². The highest BCUT2D eigenvalue weighted by atomic mass is 35.5. The summed E-state index contributed by atoms with van der Waals surface area (Å²) in [4.78, 5) is 27.7. The highest BCUT2D eigenvalue weighted by Crippen LogP contribution is 2.31. The van der Waals surface area contributed by atoms with Crippen molar-refractivity contribution < 1.29 is 9.90 Å². The largest absolute Gasteiger partial charge is 0.506 e. The summed E-state index contributed by atoms with van der Waals surface area (Å²) in [5, 5.41) is 14.0. The number of halogens is 1. The summed E-state index contributed by atoms with van der Waals surface area (Å²) in [6.07, 6.45) is 2.55. The molecule has 0 saturated heterocycles. The number of hydrogen-bond donors (Lipinski definition) is 2. The van der Waals surface area contributed by atoms with Gasteiger partial charge in [0, 0.05) is 18.5 Å². The molecule has 0 spiro atoms. The molecule has 2 N–H and O–H groups in total. The van der Waals surface area contributed by atoms with Crippen LogP contribution in [0.25, 0.3) is 10.9 Å². The number of carbonyl (C=O) groups excluding carboxylic acids is 1. The molecule has 7 heteroatoms. The van der Waals surface area contributed by atoms with Gasteiger partial charge in [0.15, 0.2) is 0 Å². The monoisotopic (exact) mass is 393 g/mol. The third-order valence-corrected chi connectivity index (χ3v) is 5.23. The average molecular weight is 394 g/mol. The maximum absolute atomic E-state index is 12.8. The molecule has 0 aliphatic carbocycles. The van der Waals surface area contributed by atoms with Crippen LogP contribution in [0.1, 0.15) is 42.6 Å².